The van der Waals surface area contributed by atoms with Crippen molar-refractivity contribution in [1.29, 1.82) is 0 Å². The molecule has 2 N–H and O–H groups in total. The molecule has 4 heteroatoms. The van der Waals surface area contributed by atoms with Gasteiger partial charge in [0.15, 0.2) is 5.78 Å². The largest absolute Gasteiger partial charge is 0.507 e. The first-order valence-electron chi connectivity index (χ1n) is 4.11. The molecule has 1 aromatic rings. The molecule has 0 saturated carbocycles. The predicted molar refractivity (Wildman–Crippen MR) is 56.2 cm³/mol. The minimum absolute atomic E-state index is 0.0194. The van der Waals surface area contributed by atoms with Crippen molar-refractivity contribution in [1.82, 2.24) is 0 Å². The van der Waals surface area contributed by atoms with E-state index in [2.05, 4.69) is 15.9 Å². The number of aliphatic hydroxyl groups excluding tert-OH is 1. The van der Waals surface area contributed by atoms with Crippen LogP contribution in [-0.4, -0.2) is 16.0 Å². The van der Waals surface area contributed by atoms with Gasteiger partial charge in [0.2, 0.25) is 0 Å². The van der Waals surface area contributed by atoms with Crippen LogP contribution in [0.1, 0.15) is 24.2 Å². The second-order valence-corrected chi connectivity index (χ2v) is 3.94. The summed E-state index contributed by atoms with van der Waals surface area (Å²) in [6.07, 6.45) is -1.18. The number of carbonyl (C=O) groups excluding carboxylic acids is 1. The van der Waals surface area contributed by atoms with Gasteiger partial charge in [-0.05, 0) is 41.4 Å². The topological polar surface area (TPSA) is 57.5 Å². The number of Topliss-reactive ketones (excluding diaryl/α,β-unsaturated/α-hetero) is 1. The Morgan fingerprint density at radius 2 is 2.07 bits per heavy atom. The second kappa shape index (κ2) is 4.11. The van der Waals surface area contributed by atoms with Crippen molar-refractivity contribution in [3.8, 4) is 5.75 Å². The van der Waals surface area contributed by atoms with Crippen molar-refractivity contribution < 1.29 is 15.0 Å². The predicted octanol–water partition coefficient (Wildman–Crippen LogP) is 2.09. The summed E-state index contributed by atoms with van der Waals surface area (Å²) in [5, 5.41) is 19.0. The zero-order valence-electron chi connectivity index (χ0n) is 7.91. The van der Waals surface area contributed by atoms with Crippen molar-refractivity contribution in [3.63, 3.8) is 0 Å². The molecule has 0 aliphatic rings. The number of aromatic hydroxyl groups is 1. The van der Waals surface area contributed by atoms with Crippen LogP contribution in [0.15, 0.2) is 16.6 Å². The van der Waals surface area contributed by atoms with Gasteiger partial charge in [0, 0.05) is 5.56 Å². The summed E-state index contributed by atoms with van der Waals surface area (Å²) in [6.45, 7) is 3.08. The number of carbonyl (C=O) groups is 1. The van der Waals surface area contributed by atoms with E-state index >= 15 is 0 Å². The second-order valence-electron chi connectivity index (χ2n) is 3.14. The molecule has 76 valence electrons. The molecule has 0 radical (unpaired) electrons. The molecule has 0 aromatic heterocycles. The number of halogens is 1. The molecule has 1 atom stereocenters. The van der Waals surface area contributed by atoms with Gasteiger partial charge in [-0.15, -0.1) is 0 Å². The maximum atomic E-state index is 11.0. The van der Waals surface area contributed by atoms with Crippen LogP contribution >= 0.6 is 15.9 Å². The third-order valence-electron chi connectivity index (χ3n) is 2.04. The molecule has 0 spiro atoms. The van der Waals surface area contributed by atoms with E-state index in [1.807, 2.05) is 0 Å². The molecule has 0 bridgehead atoms. The smallest absolute Gasteiger partial charge is 0.162 e. The number of aryl methyl sites for hydroxylation is 1. The first-order valence-corrected chi connectivity index (χ1v) is 4.91. The molecule has 0 heterocycles. The lowest BCUT2D eigenvalue weighted by atomic mass is 10.0. The van der Waals surface area contributed by atoms with Crippen molar-refractivity contribution in [2.75, 3.05) is 0 Å². The van der Waals surface area contributed by atoms with E-state index in [1.54, 1.807) is 13.0 Å². The molecule has 0 saturated heterocycles. The zero-order chi connectivity index (χ0) is 10.9. The van der Waals surface area contributed by atoms with Gasteiger partial charge in [-0.3, -0.25) is 4.79 Å². The lowest BCUT2D eigenvalue weighted by Gasteiger charge is -2.13. The third-order valence-corrected chi connectivity index (χ3v) is 2.87. The van der Waals surface area contributed by atoms with Crippen molar-refractivity contribution in [3.05, 3.63) is 27.7 Å². The number of hydrogen-bond acceptors (Lipinski definition) is 3. The number of benzene rings is 1. The average Bonchev–Trinajstić information content (AvgIpc) is 2.12. The lowest BCUT2D eigenvalue weighted by molar-refractivity contribution is -0.125. The van der Waals surface area contributed by atoms with Crippen LogP contribution in [0, 0.1) is 6.92 Å². The Bertz CT molecular complexity index is 374. The lowest BCUT2D eigenvalue weighted by Crippen LogP contribution is -2.10. The van der Waals surface area contributed by atoms with Gasteiger partial charge in [0.05, 0.1) is 4.47 Å². The normalized spacial score (nSPS) is 12.6. The van der Waals surface area contributed by atoms with Gasteiger partial charge < -0.3 is 10.2 Å². The highest BCUT2D eigenvalue weighted by Crippen LogP contribution is 2.34. The van der Waals surface area contributed by atoms with Crippen LogP contribution in [0.2, 0.25) is 0 Å². The summed E-state index contributed by atoms with van der Waals surface area (Å²) in [5.41, 5.74) is 1.19. The molecule has 0 aliphatic carbocycles. The molecular weight excluding hydrogens is 248 g/mol. The van der Waals surface area contributed by atoms with E-state index in [1.165, 1.54) is 13.0 Å². The molecule has 3 nitrogen and oxygen atoms in total. The number of phenols is 1. The van der Waals surface area contributed by atoms with Crippen LogP contribution in [0.3, 0.4) is 0 Å². The number of rotatable bonds is 2. The maximum absolute atomic E-state index is 11.0. The van der Waals surface area contributed by atoms with E-state index in [4.69, 9.17) is 0 Å². The first kappa shape index (κ1) is 11.2. The number of aliphatic hydroxyl groups is 1. The average molecular weight is 259 g/mol. The van der Waals surface area contributed by atoms with Crippen LogP contribution in [0.5, 0.6) is 5.75 Å². The van der Waals surface area contributed by atoms with E-state index in [0.29, 0.717) is 10.0 Å². The minimum atomic E-state index is -1.18. The van der Waals surface area contributed by atoms with Gasteiger partial charge in [0.25, 0.3) is 0 Å². The minimum Gasteiger partial charge on any atom is -0.507 e. The summed E-state index contributed by atoms with van der Waals surface area (Å²) in [6, 6.07) is 3.16. The fourth-order valence-electron chi connectivity index (χ4n) is 1.22. The van der Waals surface area contributed by atoms with Gasteiger partial charge in [-0.1, -0.05) is 6.07 Å². The van der Waals surface area contributed by atoms with E-state index < -0.39 is 6.10 Å². The van der Waals surface area contributed by atoms with Gasteiger partial charge >= 0.3 is 0 Å². The third kappa shape index (κ3) is 1.96. The van der Waals surface area contributed by atoms with Crippen molar-refractivity contribution in [2.45, 2.75) is 20.0 Å². The van der Waals surface area contributed by atoms with Crippen LogP contribution in [0.4, 0.5) is 0 Å². The van der Waals surface area contributed by atoms with E-state index in [9.17, 15) is 15.0 Å². The molecule has 0 amide bonds. The number of hydrogen-bond donors (Lipinski definition) is 2. The Hall–Kier alpha value is -0.870. The molecule has 0 aliphatic heterocycles. The number of phenolic OH excluding ortho intramolecular Hbond substituents is 1. The Morgan fingerprint density at radius 1 is 1.50 bits per heavy atom. The Kier molecular flexibility index (Phi) is 3.29. The molecule has 14 heavy (non-hydrogen) atoms. The SMILES string of the molecule is CC(=O)C(O)c1c(C)ccc(O)c1Br. The zero-order valence-corrected chi connectivity index (χ0v) is 9.50. The van der Waals surface area contributed by atoms with Crippen LogP contribution < -0.4 is 0 Å². The van der Waals surface area contributed by atoms with Crippen molar-refractivity contribution >= 4 is 21.7 Å². The number of ketones is 1. The fourth-order valence-corrected chi connectivity index (χ4v) is 1.88. The summed E-state index contributed by atoms with van der Waals surface area (Å²) < 4.78 is 0.375. The van der Waals surface area contributed by atoms with Crippen molar-refractivity contribution in [2.24, 2.45) is 0 Å². The van der Waals surface area contributed by atoms with E-state index in [0.717, 1.165) is 5.56 Å². The van der Waals surface area contributed by atoms with Gasteiger partial charge in [-0.2, -0.15) is 0 Å². The summed E-state index contributed by atoms with van der Waals surface area (Å²) in [7, 11) is 0. The molecule has 0 fully saturated rings. The molecule has 1 aromatic carbocycles. The molecule has 1 unspecified atom stereocenters. The summed E-state index contributed by atoms with van der Waals surface area (Å²) >= 11 is 3.14. The standard InChI is InChI=1S/C10H11BrO3/c1-5-3-4-7(13)9(11)8(5)10(14)6(2)12/h3-4,10,13-14H,1-2H3. The van der Waals surface area contributed by atoms with Gasteiger partial charge in [0.1, 0.15) is 11.9 Å². The fraction of sp³-hybridized carbons (Fsp3) is 0.300. The van der Waals surface area contributed by atoms with Gasteiger partial charge in [-0.25, -0.2) is 0 Å². The molecular formula is C10H11BrO3. The highest BCUT2D eigenvalue weighted by molar-refractivity contribution is 9.10. The Labute approximate surface area is 90.5 Å². The molecule has 1 rings (SSSR count). The van der Waals surface area contributed by atoms with Crippen LogP contribution in [0.25, 0.3) is 0 Å². The highest BCUT2D eigenvalue weighted by Gasteiger charge is 2.19. The van der Waals surface area contributed by atoms with Crippen LogP contribution in [-0.2, 0) is 4.79 Å². The Balaban J connectivity index is 3.32. The summed E-state index contributed by atoms with van der Waals surface area (Å²) in [5.74, 6) is -0.328. The maximum Gasteiger partial charge on any atom is 0.162 e. The van der Waals surface area contributed by atoms with E-state index in [-0.39, 0.29) is 11.5 Å². The first-order chi connectivity index (χ1) is 6.45. The highest BCUT2D eigenvalue weighted by atomic mass is 79.9. The monoisotopic (exact) mass is 258 g/mol. The Morgan fingerprint density at radius 3 is 2.57 bits per heavy atom. The summed E-state index contributed by atoms with van der Waals surface area (Å²) in [4.78, 5) is 11.0. The quantitative estimate of drug-likeness (QED) is 0.854.